The van der Waals surface area contributed by atoms with Crippen molar-refractivity contribution < 1.29 is 27.9 Å². The number of hydrogen-bond acceptors (Lipinski definition) is 6. The van der Waals surface area contributed by atoms with Gasteiger partial charge in [-0.15, -0.1) is 0 Å². The molecule has 0 radical (unpaired) electrons. The van der Waals surface area contributed by atoms with Crippen LogP contribution < -0.4 is 0 Å². The minimum atomic E-state index is -3.80. The third kappa shape index (κ3) is 4.58. The molecule has 0 aromatic carbocycles. The van der Waals surface area contributed by atoms with Crippen LogP contribution in [-0.2, 0) is 27.9 Å². The highest BCUT2D eigenvalue weighted by atomic mass is 31.2. The fourth-order valence-electron chi connectivity index (χ4n) is 1.29. The Labute approximate surface area is 101 Å². The first kappa shape index (κ1) is 16.3. The van der Waals surface area contributed by atoms with Crippen LogP contribution in [0.15, 0.2) is 0 Å². The standard InChI is InChI=1S/C10H19O6P/c1-5-14-10(12)9(8(4)11)17(13,15-6-2)16-7-3/h9H,5-7H2,1-4H3/t9-/m0/s1. The molecule has 0 saturated carbocycles. The first-order valence-corrected chi connectivity index (χ1v) is 7.09. The van der Waals surface area contributed by atoms with Crippen molar-refractivity contribution >= 4 is 19.3 Å². The highest BCUT2D eigenvalue weighted by molar-refractivity contribution is 7.57. The Morgan fingerprint density at radius 1 is 1.06 bits per heavy atom. The van der Waals surface area contributed by atoms with E-state index in [2.05, 4.69) is 0 Å². The molecule has 0 aliphatic heterocycles. The largest absolute Gasteiger partial charge is 0.465 e. The van der Waals surface area contributed by atoms with Crippen molar-refractivity contribution in [1.82, 2.24) is 0 Å². The molecule has 0 aliphatic carbocycles. The Kier molecular flexibility index (Phi) is 7.27. The van der Waals surface area contributed by atoms with Gasteiger partial charge in [0.15, 0.2) is 5.78 Å². The van der Waals surface area contributed by atoms with Gasteiger partial charge in [-0.05, 0) is 27.7 Å². The van der Waals surface area contributed by atoms with Crippen LogP contribution >= 0.6 is 7.60 Å². The normalized spacial score (nSPS) is 13.2. The van der Waals surface area contributed by atoms with Crippen LogP contribution in [0.1, 0.15) is 27.7 Å². The molecule has 6 nitrogen and oxygen atoms in total. The van der Waals surface area contributed by atoms with E-state index < -0.39 is 25.0 Å². The van der Waals surface area contributed by atoms with Gasteiger partial charge in [-0.3, -0.25) is 14.2 Å². The van der Waals surface area contributed by atoms with Gasteiger partial charge in [0.25, 0.3) is 0 Å². The predicted molar refractivity (Wildman–Crippen MR) is 62.0 cm³/mol. The molecule has 0 heterocycles. The zero-order valence-corrected chi connectivity index (χ0v) is 11.5. The maximum atomic E-state index is 12.3. The molecule has 0 aromatic heterocycles. The van der Waals surface area contributed by atoms with Gasteiger partial charge in [0.1, 0.15) is 0 Å². The van der Waals surface area contributed by atoms with Gasteiger partial charge in [-0.1, -0.05) is 0 Å². The number of rotatable bonds is 8. The molecule has 0 saturated heterocycles. The third-order valence-corrected chi connectivity index (χ3v) is 4.27. The van der Waals surface area contributed by atoms with Crippen LogP contribution in [0.3, 0.4) is 0 Å². The van der Waals surface area contributed by atoms with E-state index in [-0.39, 0.29) is 19.8 Å². The van der Waals surface area contributed by atoms with Gasteiger partial charge in [0.05, 0.1) is 19.8 Å². The second-order valence-electron chi connectivity index (χ2n) is 3.14. The summed E-state index contributed by atoms with van der Waals surface area (Å²) < 4.78 is 27.0. The lowest BCUT2D eigenvalue weighted by Crippen LogP contribution is -2.32. The molecule has 0 aromatic rings. The Balaban J connectivity index is 5.16. The lowest BCUT2D eigenvalue weighted by molar-refractivity contribution is -0.145. The van der Waals surface area contributed by atoms with Gasteiger partial charge in [0, 0.05) is 0 Å². The van der Waals surface area contributed by atoms with E-state index in [4.69, 9.17) is 13.8 Å². The third-order valence-electron chi connectivity index (χ3n) is 1.83. The van der Waals surface area contributed by atoms with Crippen LogP contribution in [0, 0.1) is 0 Å². The Morgan fingerprint density at radius 3 is 1.82 bits per heavy atom. The summed E-state index contributed by atoms with van der Waals surface area (Å²) in [6.45, 7) is 6.23. The minimum Gasteiger partial charge on any atom is -0.465 e. The van der Waals surface area contributed by atoms with Crippen LogP contribution in [0.4, 0.5) is 0 Å². The molecule has 0 bridgehead atoms. The molecule has 0 rings (SSSR count). The summed E-state index contributed by atoms with van der Waals surface area (Å²) >= 11 is 0. The summed E-state index contributed by atoms with van der Waals surface area (Å²) in [5.41, 5.74) is -1.50. The van der Waals surface area contributed by atoms with E-state index >= 15 is 0 Å². The summed E-state index contributed by atoms with van der Waals surface area (Å²) in [5.74, 6) is -1.46. The molecule has 0 spiro atoms. The molecule has 17 heavy (non-hydrogen) atoms. The van der Waals surface area contributed by atoms with Gasteiger partial charge < -0.3 is 13.8 Å². The Bertz CT molecular complexity index is 304. The highest BCUT2D eigenvalue weighted by Crippen LogP contribution is 2.53. The minimum absolute atomic E-state index is 0.0838. The fraction of sp³-hybridized carbons (Fsp3) is 0.800. The van der Waals surface area contributed by atoms with Crippen LogP contribution in [0.25, 0.3) is 0 Å². The molecule has 0 unspecified atom stereocenters. The average Bonchev–Trinajstić information content (AvgIpc) is 2.17. The second kappa shape index (κ2) is 7.58. The summed E-state index contributed by atoms with van der Waals surface area (Å²) in [5, 5.41) is 0. The molecule has 1 atom stereocenters. The molecule has 100 valence electrons. The first-order chi connectivity index (χ1) is 7.92. The summed E-state index contributed by atoms with van der Waals surface area (Å²) in [4.78, 5) is 23.0. The second-order valence-corrected chi connectivity index (χ2v) is 5.25. The van der Waals surface area contributed by atoms with E-state index in [0.29, 0.717) is 0 Å². The van der Waals surface area contributed by atoms with E-state index in [9.17, 15) is 14.2 Å². The van der Waals surface area contributed by atoms with Crippen molar-refractivity contribution in [2.45, 2.75) is 33.4 Å². The van der Waals surface area contributed by atoms with E-state index in [1.54, 1.807) is 20.8 Å². The SMILES string of the molecule is CCOC(=O)[C@H](C(C)=O)P(=O)(OCC)OCC. The maximum Gasteiger partial charge on any atom is 0.352 e. The lowest BCUT2D eigenvalue weighted by Gasteiger charge is -2.22. The molecule has 7 heteroatoms. The van der Waals surface area contributed by atoms with Crippen LogP contribution in [0.5, 0.6) is 0 Å². The van der Waals surface area contributed by atoms with Crippen molar-refractivity contribution in [3.8, 4) is 0 Å². The smallest absolute Gasteiger partial charge is 0.352 e. The van der Waals surface area contributed by atoms with Gasteiger partial charge >= 0.3 is 13.6 Å². The van der Waals surface area contributed by atoms with Crippen LogP contribution in [-0.4, -0.2) is 37.2 Å². The van der Waals surface area contributed by atoms with Crippen molar-refractivity contribution in [3.63, 3.8) is 0 Å². The quantitative estimate of drug-likeness (QED) is 0.378. The molecule has 0 aliphatic rings. The Morgan fingerprint density at radius 2 is 1.53 bits per heavy atom. The number of carbonyl (C=O) groups is 2. The zero-order chi connectivity index (χ0) is 13.5. The molecule has 0 amide bonds. The van der Waals surface area contributed by atoms with Crippen molar-refractivity contribution in [2.24, 2.45) is 0 Å². The number of esters is 1. The molecular weight excluding hydrogens is 247 g/mol. The molecule has 0 fully saturated rings. The number of carbonyl (C=O) groups excluding carboxylic acids is 2. The summed E-state index contributed by atoms with van der Waals surface area (Å²) in [7, 11) is -3.80. The summed E-state index contributed by atoms with van der Waals surface area (Å²) in [6, 6.07) is 0. The molecule has 0 N–H and O–H groups in total. The number of Topliss-reactive ketones (excluding diaryl/α,β-unsaturated/α-hetero) is 1. The topological polar surface area (TPSA) is 78.9 Å². The predicted octanol–water partition coefficient (Wildman–Crippen LogP) is 1.77. The van der Waals surface area contributed by atoms with Crippen molar-refractivity contribution in [1.29, 1.82) is 0 Å². The monoisotopic (exact) mass is 266 g/mol. The van der Waals surface area contributed by atoms with E-state index in [1.807, 2.05) is 0 Å². The highest BCUT2D eigenvalue weighted by Gasteiger charge is 2.45. The zero-order valence-electron chi connectivity index (χ0n) is 10.6. The first-order valence-electron chi connectivity index (χ1n) is 5.48. The van der Waals surface area contributed by atoms with Gasteiger partial charge in [0.2, 0.25) is 5.66 Å². The molecular formula is C10H19O6P. The van der Waals surface area contributed by atoms with E-state index in [1.165, 1.54) is 0 Å². The lowest BCUT2D eigenvalue weighted by atomic mass is 10.3. The Hall–Kier alpha value is -0.710. The van der Waals surface area contributed by atoms with E-state index in [0.717, 1.165) is 6.92 Å². The van der Waals surface area contributed by atoms with Crippen molar-refractivity contribution in [3.05, 3.63) is 0 Å². The van der Waals surface area contributed by atoms with Gasteiger partial charge in [-0.2, -0.15) is 0 Å². The van der Waals surface area contributed by atoms with Gasteiger partial charge in [-0.25, -0.2) is 0 Å². The number of ketones is 1. The fourth-order valence-corrected chi connectivity index (χ4v) is 3.16. The van der Waals surface area contributed by atoms with Crippen molar-refractivity contribution in [2.75, 3.05) is 19.8 Å². The van der Waals surface area contributed by atoms with Crippen LogP contribution in [0.2, 0.25) is 0 Å². The number of ether oxygens (including phenoxy) is 1. The average molecular weight is 266 g/mol. The number of hydrogen-bond donors (Lipinski definition) is 0. The summed E-state index contributed by atoms with van der Waals surface area (Å²) in [6.07, 6.45) is 0. The maximum absolute atomic E-state index is 12.3.